The van der Waals surface area contributed by atoms with Crippen molar-refractivity contribution in [3.05, 3.63) is 59.8 Å². The number of benzene rings is 2. The average Bonchev–Trinajstić information content (AvgIpc) is 2.45. The van der Waals surface area contributed by atoms with Crippen LogP contribution in [0, 0.1) is 6.92 Å². The van der Waals surface area contributed by atoms with Gasteiger partial charge in [0.1, 0.15) is 5.75 Å². The van der Waals surface area contributed by atoms with E-state index in [-0.39, 0.29) is 5.69 Å². The molecule has 0 atom stereocenters. The number of phenols is 1. The minimum Gasteiger partial charge on any atom is -0.508 e. The summed E-state index contributed by atoms with van der Waals surface area (Å²) in [4.78, 5) is 4.38. The van der Waals surface area contributed by atoms with Gasteiger partial charge in [0.05, 0.1) is 11.1 Å². The van der Waals surface area contributed by atoms with Gasteiger partial charge in [0.2, 0.25) is 0 Å². The van der Waals surface area contributed by atoms with Crippen molar-refractivity contribution < 1.29 is 18.3 Å². The zero-order chi connectivity index (χ0) is 16.6. The van der Waals surface area contributed by atoms with E-state index < -0.39 is 17.5 Å². The monoisotopic (exact) mass is 318 g/mol. The largest absolute Gasteiger partial charge is 0.508 e. The average molecular weight is 318 g/mol. The molecule has 0 unspecified atom stereocenters. The molecule has 0 amide bonds. The SMILES string of the molecule is Cc1cc(Nc2cc(O)cc(C(F)(F)F)c2)c2ccccc2n1. The lowest BCUT2D eigenvalue weighted by Crippen LogP contribution is -2.05. The van der Waals surface area contributed by atoms with Crippen molar-refractivity contribution in [1.29, 1.82) is 0 Å². The van der Waals surface area contributed by atoms with Gasteiger partial charge in [-0.25, -0.2) is 0 Å². The second kappa shape index (κ2) is 5.46. The van der Waals surface area contributed by atoms with Gasteiger partial charge in [-0.3, -0.25) is 4.98 Å². The Labute approximate surface area is 130 Å². The Morgan fingerprint density at radius 3 is 2.52 bits per heavy atom. The summed E-state index contributed by atoms with van der Waals surface area (Å²) < 4.78 is 38.6. The van der Waals surface area contributed by atoms with Crippen LogP contribution >= 0.6 is 0 Å². The number of nitrogens with zero attached hydrogens (tertiary/aromatic N) is 1. The van der Waals surface area contributed by atoms with E-state index in [0.29, 0.717) is 11.8 Å². The molecule has 118 valence electrons. The summed E-state index contributed by atoms with van der Waals surface area (Å²) in [5.41, 5.74) is 1.36. The summed E-state index contributed by atoms with van der Waals surface area (Å²) in [6.07, 6.45) is -4.52. The van der Waals surface area contributed by atoms with Crippen LogP contribution < -0.4 is 5.32 Å². The molecule has 2 aromatic carbocycles. The number of hydrogen-bond acceptors (Lipinski definition) is 3. The lowest BCUT2D eigenvalue weighted by Gasteiger charge is -2.13. The third kappa shape index (κ3) is 3.21. The smallest absolute Gasteiger partial charge is 0.416 e. The third-order valence-electron chi connectivity index (χ3n) is 3.37. The van der Waals surface area contributed by atoms with Crippen molar-refractivity contribution in [3.8, 4) is 5.75 Å². The van der Waals surface area contributed by atoms with Crippen LogP contribution in [0.4, 0.5) is 24.5 Å². The Morgan fingerprint density at radius 2 is 1.78 bits per heavy atom. The number of fused-ring (bicyclic) bond motifs is 1. The van der Waals surface area contributed by atoms with E-state index in [2.05, 4.69) is 10.3 Å². The van der Waals surface area contributed by atoms with E-state index >= 15 is 0 Å². The quantitative estimate of drug-likeness (QED) is 0.698. The van der Waals surface area contributed by atoms with Crippen molar-refractivity contribution in [2.75, 3.05) is 5.32 Å². The highest BCUT2D eigenvalue weighted by atomic mass is 19.4. The van der Waals surface area contributed by atoms with Gasteiger partial charge in [-0.2, -0.15) is 13.2 Å². The van der Waals surface area contributed by atoms with Crippen molar-refractivity contribution in [2.45, 2.75) is 13.1 Å². The van der Waals surface area contributed by atoms with Crippen molar-refractivity contribution in [2.24, 2.45) is 0 Å². The number of para-hydroxylation sites is 1. The second-order valence-corrected chi connectivity index (χ2v) is 5.22. The van der Waals surface area contributed by atoms with E-state index in [0.717, 1.165) is 22.7 Å². The van der Waals surface area contributed by atoms with Crippen LogP contribution in [0.1, 0.15) is 11.3 Å². The van der Waals surface area contributed by atoms with Gasteiger partial charge >= 0.3 is 6.18 Å². The van der Waals surface area contributed by atoms with Crippen molar-refractivity contribution in [1.82, 2.24) is 4.98 Å². The lowest BCUT2D eigenvalue weighted by molar-refractivity contribution is -0.137. The zero-order valence-corrected chi connectivity index (χ0v) is 12.1. The number of aromatic nitrogens is 1. The molecular formula is C17H13F3N2O. The topological polar surface area (TPSA) is 45.1 Å². The van der Waals surface area contributed by atoms with Crippen LogP contribution in [-0.2, 0) is 6.18 Å². The van der Waals surface area contributed by atoms with Gasteiger partial charge in [0.15, 0.2) is 0 Å². The lowest BCUT2D eigenvalue weighted by atomic mass is 10.1. The minimum atomic E-state index is -4.52. The molecule has 1 aromatic heterocycles. The standard InChI is InChI=1S/C17H13F3N2O/c1-10-6-16(14-4-2-3-5-15(14)21-10)22-12-7-11(17(18,19)20)8-13(23)9-12/h2-9,23H,1H3,(H,21,22). The Balaban J connectivity index is 2.08. The molecule has 0 aliphatic rings. The second-order valence-electron chi connectivity index (χ2n) is 5.22. The van der Waals surface area contributed by atoms with Gasteiger partial charge in [-0.15, -0.1) is 0 Å². The highest BCUT2D eigenvalue weighted by Gasteiger charge is 2.31. The van der Waals surface area contributed by atoms with Gasteiger partial charge < -0.3 is 10.4 Å². The van der Waals surface area contributed by atoms with Crippen LogP contribution in [0.3, 0.4) is 0 Å². The summed E-state index contributed by atoms with van der Waals surface area (Å²) in [6, 6.07) is 12.0. The first-order valence-electron chi connectivity index (χ1n) is 6.87. The molecule has 0 radical (unpaired) electrons. The van der Waals surface area contributed by atoms with Crippen LogP contribution in [0.2, 0.25) is 0 Å². The Kier molecular flexibility index (Phi) is 3.60. The molecule has 3 nitrogen and oxygen atoms in total. The number of phenolic OH excluding ortho intramolecular Hbond substituents is 1. The molecule has 0 spiro atoms. The maximum Gasteiger partial charge on any atom is 0.416 e. The Hall–Kier alpha value is -2.76. The summed E-state index contributed by atoms with van der Waals surface area (Å²) in [6.45, 7) is 1.81. The number of pyridine rings is 1. The van der Waals surface area contributed by atoms with Crippen molar-refractivity contribution in [3.63, 3.8) is 0 Å². The number of aryl methyl sites for hydroxylation is 1. The number of rotatable bonds is 2. The molecule has 0 fully saturated rings. The molecule has 0 saturated carbocycles. The van der Waals surface area contributed by atoms with Crippen LogP contribution in [0.15, 0.2) is 48.5 Å². The molecule has 3 rings (SSSR count). The molecule has 0 saturated heterocycles. The number of hydrogen-bond donors (Lipinski definition) is 2. The van der Waals surface area contributed by atoms with E-state index in [4.69, 9.17) is 0 Å². The molecule has 2 N–H and O–H groups in total. The summed E-state index contributed by atoms with van der Waals surface area (Å²) in [5, 5.41) is 13.3. The molecule has 3 aromatic rings. The fourth-order valence-corrected chi connectivity index (χ4v) is 2.41. The summed E-state index contributed by atoms with van der Waals surface area (Å²) >= 11 is 0. The molecule has 6 heteroatoms. The van der Waals surface area contributed by atoms with Crippen molar-refractivity contribution >= 4 is 22.3 Å². The maximum absolute atomic E-state index is 12.9. The number of alkyl halides is 3. The number of halogens is 3. The number of anilines is 2. The van der Waals surface area contributed by atoms with Crippen LogP contribution in [0.25, 0.3) is 10.9 Å². The molecule has 0 aliphatic heterocycles. The number of aromatic hydroxyl groups is 1. The minimum absolute atomic E-state index is 0.160. The molecule has 23 heavy (non-hydrogen) atoms. The molecule has 0 aliphatic carbocycles. The molecular weight excluding hydrogens is 305 g/mol. The fourth-order valence-electron chi connectivity index (χ4n) is 2.41. The van der Waals surface area contributed by atoms with E-state index in [9.17, 15) is 18.3 Å². The number of nitrogens with one attached hydrogen (secondary N) is 1. The van der Waals surface area contributed by atoms with E-state index in [1.807, 2.05) is 24.3 Å². The van der Waals surface area contributed by atoms with Crippen LogP contribution in [0.5, 0.6) is 5.75 Å². The highest BCUT2D eigenvalue weighted by Crippen LogP contribution is 2.35. The van der Waals surface area contributed by atoms with Crippen LogP contribution in [-0.4, -0.2) is 10.1 Å². The van der Waals surface area contributed by atoms with E-state index in [1.165, 1.54) is 6.07 Å². The first kappa shape index (κ1) is 15.1. The molecule has 1 heterocycles. The predicted octanol–water partition coefficient (Wildman–Crippen LogP) is 5.01. The van der Waals surface area contributed by atoms with Gasteiger partial charge in [-0.05, 0) is 31.2 Å². The first-order chi connectivity index (χ1) is 10.8. The van der Waals surface area contributed by atoms with Gasteiger partial charge in [-0.1, -0.05) is 18.2 Å². The van der Waals surface area contributed by atoms with E-state index in [1.54, 1.807) is 13.0 Å². The maximum atomic E-state index is 12.9. The Morgan fingerprint density at radius 1 is 1.04 bits per heavy atom. The normalized spacial score (nSPS) is 11.7. The fraction of sp³-hybridized carbons (Fsp3) is 0.118. The van der Waals surface area contributed by atoms with Gasteiger partial charge in [0, 0.05) is 28.5 Å². The zero-order valence-electron chi connectivity index (χ0n) is 12.1. The summed E-state index contributed by atoms with van der Waals surface area (Å²) in [7, 11) is 0. The first-order valence-corrected chi connectivity index (χ1v) is 6.87. The summed E-state index contributed by atoms with van der Waals surface area (Å²) in [5.74, 6) is -0.447. The highest BCUT2D eigenvalue weighted by molar-refractivity contribution is 5.93. The molecule has 0 bridgehead atoms. The predicted molar refractivity (Wildman–Crippen MR) is 82.9 cm³/mol. The van der Waals surface area contributed by atoms with Gasteiger partial charge in [0.25, 0.3) is 0 Å². The third-order valence-corrected chi connectivity index (χ3v) is 3.37. The Bertz CT molecular complexity index is 875.